The maximum atomic E-state index is 12.2. The van der Waals surface area contributed by atoms with Crippen LogP contribution in [0.4, 0.5) is 0 Å². The van der Waals surface area contributed by atoms with Crippen molar-refractivity contribution in [2.45, 2.75) is 50.7 Å². The number of nitrogens with zero attached hydrogens (tertiary/aromatic N) is 1. The Kier molecular flexibility index (Phi) is 2.74. The first-order chi connectivity index (χ1) is 7.50. The quantitative estimate of drug-likeness (QED) is 0.538. The highest BCUT2D eigenvalue weighted by molar-refractivity contribution is 5.91. The molecule has 2 aliphatic rings. The Morgan fingerprint density at radius 2 is 2.19 bits per heavy atom. The summed E-state index contributed by atoms with van der Waals surface area (Å²) in [5.74, 6) is -1.20. The van der Waals surface area contributed by atoms with Gasteiger partial charge in [-0.1, -0.05) is 13.3 Å². The molecule has 4 atom stereocenters. The molecule has 2 bridgehead atoms. The molecule has 0 spiro atoms. The topological polar surface area (TPSA) is 80.4 Å². The number of ketones is 1. The lowest BCUT2D eigenvalue weighted by Gasteiger charge is -2.38. The Hall–Kier alpha value is -0.970. The summed E-state index contributed by atoms with van der Waals surface area (Å²) in [4.78, 5) is 23.1. The minimum Gasteiger partial charge on any atom is -0.392 e. The molecule has 90 valence electrons. The van der Waals surface area contributed by atoms with Crippen LogP contribution in [0.25, 0.3) is 0 Å². The zero-order chi connectivity index (χ0) is 11.9. The van der Waals surface area contributed by atoms with Gasteiger partial charge in [0.15, 0.2) is 0 Å². The van der Waals surface area contributed by atoms with Crippen LogP contribution in [0.2, 0.25) is 0 Å². The lowest BCUT2D eigenvalue weighted by atomic mass is 9.66. The molecule has 0 aromatic carbocycles. The Balaban J connectivity index is 2.45. The highest BCUT2D eigenvalue weighted by Crippen LogP contribution is 2.44. The van der Waals surface area contributed by atoms with E-state index in [0.717, 1.165) is 6.42 Å². The number of carbonyl (C=O) groups is 1. The number of nitro groups is 1. The van der Waals surface area contributed by atoms with E-state index in [0.29, 0.717) is 25.7 Å². The highest BCUT2D eigenvalue weighted by Gasteiger charge is 2.62. The van der Waals surface area contributed by atoms with E-state index in [1.54, 1.807) is 6.92 Å². The predicted octanol–water partition coefficient (Wildman–Crippen LogP) is 1.16. The maximum absolute atomic E-state index is 12.2. The molecule has 2 aliphatic carbocycles. The second-order valence-corrected chi connectivity index (χ2v) is 5.10. The van der Waals surface area contributed by atoms with Gasteiger partial charge < -0.3 is 5.11 Å². The summed E-state index contributed by atoms with van der Waals surface area (Å²) >= 11 is 0. The number of Topliss-reactive ketones (excluding diaryl/α,β-unsaturated/α-hetero) is 1. The molecule has 0 radical (unpaired) electrons. The fourth-order valence-corrected chi connectivity index (χ4v) is 3.27. The van der Waals surface area contributed by atoms with Crippen molar-refractivity contribution in [2.75, 3.05) is 0 Å². The standard InChI is InChI=1S/C11H17NO4/c1-7-6-9(13)8-4-2-3-5-11(7,10(8)14)12(15)16/h7-9,13H,2-6H2,1H3/t7-,8+,9-,11+/m0/s1. The van der Waals surface area contributed by atoms with Crippen molar-refractivity contribution in [3.05, 3.63) is 10.1 Å². The average molecular weight is 227 g/mol. The van der Waals surface area contributed by atoms with Crippen molar-refractivity contribution in [1.29, 1.82) is 0 Å². The maximum Gasteiger partial charge on any atom is 0.282 e. The SMILES string of the molecule is C[C@H]1C[C@H](O)[C@H]2CCCC[C@]1([N+](=O)[O-])C2=O. The van der Waals surface area contributed by atoms with E-state index < -0.39 is 22.5 Å². The van der Waals surface area contributed by atoms with E-state index >= 15 is 0 Å². The molecule has 0 amide bonds. The largest absolute Gasteiger partial charge is 0.392 e. The van der Waals surface area contributed by atoms with Crippen molar-refractivity contribution >= 4 is 5.78 Å². The summed E-state index contributed by atoms with van der Waals surface area (Å²) in [6.07, 6.45) is 2.13. The Bertz CT molecular complexity index is 330. The van der Waals surface area contributed by atoms with Gasteiger partial charge in [0, 0.05) is 17.3 Å². The van der Waals surface area contributed by atoms with E-state index in [1.807, 2.05) is 0 Å². The lowest BCUT2D eigenvalue weighted by Crippen LogP contribution is -2.59. The van der Waals surface area contributed by atoms with Crippen LogP contribution in [0.1, 0.15) is 39.0 Å². The summed E-state index contributed by atoms with van der Waals surface area (Å²) in [5, 5.41) is 21.1. The second-order valence-electron chi connectivity index (χ2n) is 5.10. The van der Waals surface area contributed by atoms with Crippen molar-refractivity contribution in [2.24, 2.45) is 11.8 Å². The molecule has 0 aromatic heterocycles. The van der Waals surface area contributed by atoms with Gasteiger partial charge in [-0.25, -0.2) is 0 Å². The van der Waals surface area contributed by atoms with Crippen LogP contribution in [0.5, 0.6) is 0 Å². The fraction of sp³-hybridized carbons (Fsp3) is 0.909. The number of hydrogen-bond donors (Lipinski definition) is 1. The molecule has 5 nitrogen and oxygen atoms in total. The van der Waals surface area contributed by atoms with Gasteiger partial charge in [0.2, 0.25) is 5.78 Å². The van der Waals surface area contributed by atoms with Crippen LogP contribution in [0.3, 0.4) is 0 Å². The van der Waals surface area contributed by atoms with Crippen molar-refractivity contribution in [3.8, 4) is 0 Å². The van der Waals surface area contributed by atoms with E-state index in [4.69, 9.17) is 0 Å². The number of aliphatic hydroxyl groups excluding tert-OH is 1. The van der Waals surface area contributed by atoms with Gasteiger partial charge in [-0.15, -0.1) is 0 Å². The number of aliphatic hydroxyl groups is 1. The molecule has 2 rings (SSSR count). The molecule has 0 aliphatic heterocycles. The molecule has 2 fully saturated rings. The van der Waals surface area contributed by atoms with Gasteiger partial charge in [0.1, 0.15) is 0 Å². The fourth-order valence-electron chi connectivity index (χ4n) is 3.27. The van der Waals surface area contributed by atoms with E-state index in [-0.39, 0.29) is 11.7 Å². The van der Waals surface area contributed by atoms with Crippen molar-refractivity contribution in [1.82, 2.24) is 0 Å². The first-order valence-corrected chi connectivity index (χ1v) is 5.87. The smallest absolute Gasteiger partial charge is 0.282 e. The van der Waals surface area contributed by atoms with Crippen LogP contribution in [0.15, 0.2) is 0 Å². The molecule has 1 N–H and O–H groups in total. The minimum atomic E-state index is -1.42. The second kappa shape index (κ2) is 3.80. The first-order valence-electron chi connectivity index (χ1n) is 5.87. The van der Waals surface area contributed by atoms with Gasteiger partial charge in [-0.2, -0.15) is 0 Å². The van der Waals surface area contributed by atoms with Gasteiger partial charge in [0.05, 0.1) is 12.0 Å². The summed E-state index contributed by atoms with van der Waals surface area (Å²) in [6, 6.07) is 0. The average Bonchev–Trinajstić information content (AvgIpc) is 2.33. The molecule has 5 heteroatoms. The van der Waals surface area contributed by atoms with E-state index in [1.165, 1.54) is 0 Å². The third kappa shape index (κ3) is 1.38. The monoisotopic (exact) mass is 227 g/mol. The van der Waals surface area contributed by atoms with E-state index in [2.05, 4.69) is 0 Å². The summed E-state index contributed by atoms with van der Waals surface area (Å²) in [7, 11) is 0. The molecule has 2 saturated carbocycles. The molecule has 0 saturated heterocycles. The third-order valence-corrected chi connectivity index (χ3v) is 4.29. The molecule has 0 heterocycles. The molecule has 0 aromatic rings. The van der Waals surface area contributed by atoms with E-state index in [9.17, 15) is 20.0 Å². The predicted molar refractivity (Wildman–Crippen MR) is 56.5 cm³/mol. The summed E-state index contributed by atoms with van der Waals surface area (Å²) < 4.78 is 0. The van der Waals surface area contributed by atoms with Crippen LogP contribution in [0, 0.1) is 22.0 Å². The Morgan fingerprint density at radius 3 is 2.81 bits per heavy atom. The summed E-state index contributed by atoms with van der Waals surface area (Å²) in [6.45, 7) is 1.71. The van der Waals surface area contributed by atoms with Gasteiger partial charge in [0.25, 0.3) is 5.54 Å². The van der Waals surface area contributed by atoms with Crippen LogP contribution >= 0.6 is 0 Å². The molecule has 16 heavy (non-hydrogen) atoms. The Labute approximate surface area is 94.0 Å². The number of rotatable bonds is 1. The molecular formula is C11H17NO4. The van der Waals surface area contributed by atoms with Crippen LogP contribution in [-0.2, 0) is 4.79 Å². The summed E-state index contributed by atoms with van der Waals surface area (Å²) in [5.41, 5.74) is -1.42. The van der Waals surface area contributed by atoms with Gasteiger partial charge in [-0.05, 0) is 19.3 Å². The number of fused-ring (bicyclic) bond motifs is 2. The third-order valence-electron chi connectivity index (χ3n) is 4.29. The highest BCUT2D eigenvalue weighted by atomic mass is 16.6. The van der Waals surface area contributed by atoms with Crippen LogP contribution < -0.4 is 0 Å². The molecule has 0 unspecified atom stereocenters. The zero-order valence-corrected chi connectivity index (χ0v) is 9.39. The van der Waals surface area contributed by atoms with Crippen molar-refractivity contribution < 1.29 is 14.8 Å². The van der Waals surface area contributed by atoms with Crippen molar-refractivity contribution in [3.63, 3.8) is 0 Å². The number of hydrogen-bond acceptors (Lipinski definition) is 4. The van der Waals surface area contributed by atoms with Crippen LogP contribution in [-0.4, -0.2) is 27.5 Å². The molecular weight excluding hydrogens is 210 g/mol. The lowest BCUT2D eigenvalue weighted by molar-refractivity contribution is -0.566. The Morgan fingerprint density at radius 1 is 1.50 bits per heavy atom. The normalized spacial score (nSPS) is 43.9. The zero-order valence-electron chi connectivity index (χ0n) is 9.39. The van der Waals surface area contributed by atoms with Gasteiger partial charge in [-0.3, -0.25) is 14.9 Å². The number of carbonyl (C=O) groups excluding carboxylic acids is 1. The first kappa shape index (κ1) is 11.5. The minimum absolute atomic E-state index is 0.332. The van der Waals surface area contributed by atoms with Gasteiger partial charge >= 0.3 is 0 Å².